The van der Waals surface area contributed by atoms with Crippen molar-refractivity contribution in [2.24, 2.45) is 0 Å². The van der Waals surface area contributed by atoms with Gasteiger partial charge in [0.2, 0.25) is 5.91 Å². The van der Waals surface area contributed by atoms with E-state index in [1.165, 1.54) is 0 Å². The highest BCUT2D eigenvalue weighted by Gasteiger charge is 2.06. The van der Waals surface area contributed by atoms with E-state index in [0.717, 1.165) is 18.7 Å². The summed E-state index contributed by atoms with van der Waals surface area (Å²) in [6.07, 6.45) is 5.34. The Hall–Kier alpha value is -2.30. The molecule has 2 rings (SSSR count). The first kappa shape index (κ1) is 13.1. The Kier molecular flexibility index (Phi) is 4.55. The molecule has 0 saturated heterocycles. The molecule has 0 unspecified atom stereocenters. The molecular formula is C14H17N3O2. The average molecular weight is 259 g/mol. The van der Waals surface area contributed by atoms with E-state index in [0.29, 0.717) is 12.1 Å². The quantitative estimate of drug-likeness (QED) is 0.686. The molecule has 1 aromatic carbocycles. The van der Waals surface area contributed by atoms with Crippen LogP contribution in [0, 0.1) is 0 Å². The van der Waals surface area contributed by atoms with E-state index in [1.54, 1.807) is 36.7 Å². The molecule has 0 spiro atoms. The molecule has 0 fully saturated rings. The molecule has 5 heteroatoms. The predicted octanol–water partition coefficient (Wildman–Crippen LogP) is 1.41. The van der Waals surface area contributed by atoms with Crippen molar-refractivity contribution in [1.29, 1.82) is 0 Å². The van der Waals surface area contributed by atoms with Gasteiger partial charge >= 0.3 is 0 Å². The molecule has 5 nitrogen and oxygen atoms in total. The summed E-state index contributed by atoms with van der Waals surface area (Å²) >= 11 is 0. The molecular weight excluding hydrogens is 242 g/mol. The van der Waals surface area contributed by atoms with Crippen molar-refractivity contribution in [1.82, 2.24) is 15.3 Å². The van der Waals surface area contributed by atoms with Crippen LogP contribution in [0.25, 0.3) is 0 Å². The number of phenols is 1. The van der Waals surface area contributed by atoms with Gasteiger partial charge < -0.3 is 15.4 Å². The van der Waals surface area contributed by atoms with Crippen LogP contribution >= 0.6 is 0 Å². The molecule has 1 amide bonds. The highest BCUT2D eigenvalue weighted by atomic mass is 16.3. The van der Waals surface area contributed by atoms with E-state index in [4.69, 9.17) is 0 Å². The minimum Gasteiger partial charge on any atom is -0.508 e. The van der Waals surface area contributed by atoms with Crippen molar-refractivity contribution in [3.63, 3.8) is 0 Å². The van der Waals surface area contributed by atoms with Crippen LogP contribution in [0.4, 0.5) is 0 Å². The zero-order chi connectivity index (χ0) is 13.5. The number of imidazole rings is 1. The lowest BCUT2D eigenvalue weighted by Crippen LogP contribution is -2.26. The maximum atomic E-state index is 11.7. The number of nitrogens with zero attached hydrogens (tertiary/aromatic N) is 1. The third kappa shape index (κ3) is 4.13. The van der Waals surface area contributed by atoms with Crippen molar-refractivity contribution in [2.45, 2.75) is 19.3 Å². The Labute approximate surface area is 111 Å². The van der Waals surface area contributed by atoms with Crippen molar-refractivity contribution >= 4 is 5.91 Å². The lowest BCUT2D eigenvalue weighted by molar-refractivity contribution is -0.120. The number of carbonyl (C=O) groups is 1. The number of aromatic amines is 1. The molecule has 1 aromatic heterocycles. The third-order valence-corrected chi connectivity index (χ3v) is 2.81. The smallest absolute Gasteiger partial charge is 0.224 e. The summed E-state index contributed by atoms with van der Waals surface area (Å²) in [6.45, 7) is 0.604. The first-order valence-corrected chi connectivity index (χ1v) is 6.27. The van der Waals surface area contributed by atoms with Gasteiger partial charge in [0.25, 0.3) is 0 Å². The van der Waals surface area contributed by atoms with Crippen LogP contribution in [0.3, 0.4) is 0 Å². The zero-order valence-corrected chi connectivity index (χ0v) is 10.6. The number of phenolic OH excluding ortho intramolecular Hbond substituents is 1. The molecule has 0 aliphatic rings. The van der Waals surface area contributed by atoms with Gasteiger partial charge in [-0.05, 0) is 12.5 Å². The fourth-order valence-electron chi connectivity index (χ4n) is 1.81. The second-order valence-corrected chi connectivity index (χ2v) is 4.29. The number of H-pyrrole nitrogens is 1. The molecule has 0 saturated carbocycles. The molecule has 1 heterocycles. The zero-order valence-electron chi connectivity index (χ0n) is 10.6. The van der Waals surface area contributed by atoms with E-state index in [1.807, 2.05) is 0 Å². The fraction of sp³-hybridized carbons (Fsp3) is 0.286. The summed E-state index contributed by atoms with van der Waals surface area (Å²) in [5.41, 5.74) is 0.644. The number of aryl methyl sites for hydroxylation is 1. The molecule has 0 aliphatic carbocycles. The topological polar surface area (TPSA) is 78.0 Å². The SMILES string of the molecule is O=C(Cc1ccccc1O)NCCCc1ncc[nH]1. The van der Waals surface area contributed by atoms with Gasteiger partial charge in [0.15, 0.2) is 0 Å². The number of nitrogens with one attached hydrogen (secondary N) is 2. The number of aromatic nitrogens is 2. The fourth-order valence-corrected chi connectivity index (χ4v) is 1.81. The van der Waals surface area contributed by atoms with Gasteiger partial charge in [0.05, 0.1) is 6.42 Å². The lowest BCUT2D eigenvalue weighted by atomic mass is 10.1. The van der Waals surface area contributed by atoms with Gasteiger partial charge in [-0.3, -0.25) is 4.79 Å². The first-order valence-electron chi connectivity index (χ1n) is 6.27. The van der Waals surface area contributed by atoms with Crippen LogP contribution in [-0.2, 0) is 17.6 Å². The van der Waals surface area contributed by atoms with Gasteiger partial charge in [-0.1, -0.05) is 18.2 Å². The Morgan fingerprint density at radius 3 is 2.95 bits per heavy atom. The van der Waals surface area contributed by atoms with Crippen molar-refractivity contribution < 1.29 is 9.90 Å². The Bertz CT molecular complexity index is 523. The summed E-state index contributed by atoms with van der Waals surface area (Å²) < 4.78 is 0. The van der Waals surface area contributed by atoms with Gasteiger partial charge in [0, 0.05) is 30.9 Å². The molecule has 0 bridgehead atoms. The molecule has 3 N–H and O–H groups in total. The first-order chi connectivity index (χ1) is 9.25. The summed E-state index contributed by atoms with van der Waals surface area (Å²) in [5, 5.41) is 12.4. The summed E-state index contributed by atoms with van der Waals surface area (Å²) in [7, 11) is 0. The second kappa shape index (κ2) is 6.58. The highest BCUT2D eigenvalue weighted by molar-refractivity contribution is 5.79. The van der Waals surface area contributed by atoms with E-state index < -0.39 is 0 Å². The predicted molar refractivity (Wildman–Crippen MR) is 71.7 cm³/mol. The molecule has 0 atom stereocenters. The minimum atomic E-state index is -0.0825. The number of hydrogen-bond donors (Lipinski definition) is 3. The van der Waals surface area contributed by atoms with Gasteiger partial charge in [-0.25, -0.2) is 4.98 Å². The van der Waals surface area contributed by atoms with Crippen LogP contribution in [0.2, 0.25) is 0 Å². The van der Waals surface area contributed by atoms with Gasteiger partial charge in [-0.2, -0.15) is 0 Å². The minimum absolute atomic E-state index is 0.0825. The van der Waals surface area contributed by atoms with E-state index in [2.05, 4.69) is 15.3 Å². The van der Waals surface area contributed by atoms with Crippen LogP contribution in [0.15, 0.2) is 36.7 Å². The lowest BCUT2D eigenvalue weighted by Gasteiger charge is -2.06. The standard InChI is InChI=1S/C14H17N3O2/c18-12-5-2-1-4-11(12)10-14(19)17-7-3-6-13-15-8-9-16-13/h1-2,4-5,8-9,18H,3,6-7,10H2,(H,15,16)(H,17,19). The summed E-state index contributed by atoms with van der Waals surface area (Å²) in [6, 6.07) is 6.87. The average Bonchev–Trinajstić information content (AvgIpc) is 2.91. The number of rotatable bonds is 6. The van der Waals surface area contributed by atoms with Crippen LogP contribution < -0.4 is 5.32 Å². The van der Waals surface area contributed by atoms with E-state index in [9.17, 15) is 9.90 Å². The molecule has 19 heavy (non-hydrogen) atoms. The van der Waals surface area contributed by atoms with Crippen LogP contribution in [-0.4, -0.2) is 27.5 Å². The number of aromatic hydroxyl groups is 1. The number of carbonyl (C=O) groups excluding carboxylic acids is 1. The molecule has 0 aliphatic heterocycles. The number of para-hydroxylation sites is 1. The Balaban J connectivity index is 1.69. The Morgan fingerprint density at radius 1 is 1.37 bits per heavy atom. The van der Waals surface area contributed by atoms with Crippen LogP contribution in [0.1, 0.15) is 17.8 Å². The second-order valence-electron chi connectivity index (χ2n) is 4.29. The number of hydrogen-bond acceptors (Lipinski definition) is 3. The van der Waals surface area contributed by atoms with Crippen molar-refractivity contribution in [2.75, 3.05) is 6.54 Å². The maximum absolute atomic E-state index is 11.7. The maximum Gasteiger partial charge on any atom is 0.224 e. The van der Waals surface area contributed by atoms with E-state index >= 15 is 0 Å². The third-order valence-electron chi connectivity index (χ3n) is 2.81. The summed E-state index contributed by atoms with van der Waals surface area (Å²) in [5.74, 6) is 1.00. The molecule has 2 aromatic rings. The number of benzene rings is 1. The van der Waals surface area contributed by atoms with Crippen molar-refractivity contribution in [3.05, 3.63) is 48.0 Å². The highest BCUT2D eigenvalue weighted by Crippen LogP contribution is 2.15. The normalized spacial score (nSPS) is 10.3. The van der Waals surface area contributed by atoms with Crippen LogP contribution in [0.5, 0.6) is 5.75 Å². The molecule has 0 radical (unpaired) electrons. The van der Waals surface area contributed by atoms with Gasteiger partial charge in [-0.15, -0.1) is 0 Å². The van der Waals surface area contributed by atoms with Gasteiger partial charge in [0.1, 0.15) is 11.6 Å². The van der Waals surface area contributed by atoms with Crippen molar-refractivity contribution in [3.8, 4) is 5.75 Å². The van der Waals surface area contributed by atoms with E-state index in [-0.39, 0.29) is 18.1 Å². The monoisotopic (exact) mass is 259 g/mol. The largest absolute Gasteiger partial charge is 0.508 e. The number of amides is 1. The molecule has 100 valence electrons. The Morgan fingerprint density at radius 2 is 2.21 bits per heavy atom. The summed E-state index contributed by atoms with van der Waals surface area (Å²) in [4.78, 5) is 18.8.